The van der Waals surface area contributed by atoms with Gasteiger partial charge in [-0.05, 0) is 36.4 Å². The first kappa shape index (κ1) is 17.7. The van der Waals surface area contributed by atoms with Crippen LogP contribution in [0.5, 0.6) is 0 Å². The summed E-state index contributed by atoms with van der Waals surface area (Å²) >= 11 is 5.88. The Morgan fingerprint density at radius 2 is 1.84 bits per heavy atom. The van der Waals surface area contributed by atoms with Crippen molar-refractivity contribution in [1.82, 2.24) is 14.8 Å². The normalized spacial score (nSPS) is 15.2. The van der Waals surface area contributed by atoms with Crippen molar-refractivity contribution < 1.29 is 4.79 Å². The molecule has 2 heterocycles. The van der Waals surface area contributed by atoms with E-state index in [0.717, 1.165) is 49.1 Å². The van der Waals surface area contributed by atoms with E-state index in [1.807, 2.05) is 41.3 Å². The molecular weight excluding hydrogens is 336 g/mol. The smallest absolute Gasteiger partial charge is 0.255 e. The highest BCUT2D eigenvalue weighted by molar-refractivity contribution is 6.30. The van der Waals surface area contributed by atoms with Gasteiger partial charge in [0, 0.05) is 43.9 Å². The Labute approximate surface area is 153 Å². The van der Waals surface area contributed by atoms with Gasteiger partial charge in [-0.25, -0.2) is 4.98 Å². The number of halogens is 1. The molecule has 0 saturated carbocycles. The van der Waals surface area contributed by atoms with Crippen LogP contribution in [-0.4, -0.2) is 53.4 Å². The Hall–Kier alpha value is -2.11. The van der Waals surface area contributed by atoms with Crippen LogP contribution in [0.2, 0.25) is 5.02 Å². The number of pyridine rings is 1. The first-order valence-corrected chi connectivity index (χ1v) is 8.99. The lowest BCUT2D eigenvalue weighted by Crippen LogP contribution is -2.48. The van der Waals surface area contributed by atoms with Crippen molar-refractivity contribution in [1.29, 1.82) is 0 Å². The second kappa shape index (κ2) is 8.32. The van der Waals surface area contributed by atoms with E-state index in [9.17, 15) is 4.79 Å². The van der Waals surface area contributed by atoms with Crippen LogP contribution in [0.4, 0.5) is 5.82 Å². The van der Waals surface area contributed by atoms with Crippen molar-refractivity contribution in [2.24, 2.45) is 0 Å². The fraction of sp³-hybridized carbons (Fsp3) is 0.368. The number of carbonyl (C=O) groups excluding carboxylic acids is 1. The van der Waals surface area contributed by atoms with Crippen molar-refractivity contribution in [3.05, 3.63) is 58.7 Å². The SMILES string of the molecule is CCN1CCN(C(=O)c2ccc(NCc3ccc(Cl)cc3)nc2)CC1. The molecule has 0 aliphatic carbocycles. The van der Waals surface area contributed by atoms with E-state index >= 15 is 0 Å². The summed E-state index contributed by atoms with van der Waals surface area (Å²) in [5.74, 6) is 0.815. The Bertz CT molecular complexity index is 694. The number of aromatic nitrogens is 1. The number of hydrogen-bond donors (Lipinski definition) is 1. The molecule has 1 N–H and O–H groups in total. The molecular formula is C19H23ClN4O. The summed E-state index contributed by atoms with van der Waals surface area (Å²) in [7, 11) is 0. The maximum absolute atomic E-state index is 12.6. The third kappa shape index (κ3) is 4.71. The zero-order chi connectivity index (χ0) is 17.6. The van der Waals surface area contributed by atoms with Crippen molar-refractivity contribution in [3.63, 3.8) is 0 Å². The van der Waals surface area contributed by atoms with E-state index in [4.69, 9.17) is 11.6 Å². The third-order valence-electron chi connectivity index (χ3n) is 4.50. The number of rotatable bonds is 5. The van der Waals surface area contributed by atoms with Crippen molar-refractivity contribution >= 4 is 23.3 Å². The second-order valence-electron chi connectivity index (χ2n) is 6.14. The zero-order valence-electron chi connectivity index (χ0n) is 14.4. The van der Waals surface area contributed by atoms with Gasteiger partial charge in [0.05, 0.1) is 5.56 Å². The standard InChI is InChI=1S/C19H23ClN4O/c1-2-23-9-11-24(12-10-23)19(25)16-5-8-18(22-14-16)21-13-15-3-6-17(20)7-4-15/h3-8,14H,2,9-13H2,1H3,(H,21,22). The Morgan fingerprint density at radius 3 is 2.44 bits per heavy atom. The molecule has 1 saturated heterocycles. The molecule has 3 rings (SSSR count). The summed E-state index contributed by atoms with van der Waals surface area (Å²) in [4.78, 5) is 21.2. The lowest BCUT2D eigenvalue weighted by molar-refractivity contribution is 0.0643. The molecule has 5 nitrogen and oxygen atoms in total. The Balaban J connectivity index is 1.54. The molecule has 0 bridgehead atoms. The summed E-state index contributed by atoms with van der Waals surface area (Å²) < 4.78 is 0. The maximum Gasteiger partial charge on any atom is 0.255 e. The predicted molar refractivity (Wildman–Crippen MR) is 101 cm³/mol. The van der Waals surface area contributed by atoms with Gasteiger partial charge < -0.3 is 15.1 Å². The zero-order valence-corrected chi connectivity index (χ0v) is 15.2. The van der Waals surface area contributed by atoms with Crippen LogP contribution < -0.4 is 5.32 Å². The summed E-state index contributed by atoms with van der Waals surface area (Å²) in [5, 5.41) is 3.98. The lowest BCUT2D eigenvalue weighted by atomic mass is 10.2. The summed E-state index contributed by atoms with van der Waals surface area (Å²) in [6, 6.07) is 11.4. The molecule has 2 aromatic rings. The van der Waals surface area contributed by atoms with Gasteiger partial charge >= 0.3 is 0 Å². The van der Waals surface area contributed by atoms with Gasteiger partial charge in [-0.1, -0.05) is 30.7 Å². The van der Waals surface area contributed by atoms with Gasteiger partial charge in [0.25, 0.3) is 5.91 Å². The summed E-state index contributed by atoms with van der Waals surface area (Å²) in [6.45, 7) is 7.30. The molecule has 0 spiro atoms. The van der Waals surface area contributed by atoms with Crippen LogP contribution in [-0.2, 0) is 6.54 Å². The molecule has 1 aromatic heterocycles. The van der Waals surface area contributed by atoms with E-state index in [1.54, 1.807) is 6.20 Å². The average molecular weight is 359 g/mol. The van der Waals surface area contributed by atoms with Crippen LogP contribution in [0.15, 0.2) is 42.6 Å². The van der Waals surface area contributed by atoms with Crippen LogP contribution in [0.1, 0.15) is 22.8 Å². The number of nitrogens with one attached hydrogen (secondary N) is 1. The molecule has 132 valence electrons. The molecule has 1 aliphatic rings. The van der Waals surface area contributed by atoms with Crippen molar-refractivity contribution in [3.8, 4) is 0 Å². The molecule has 0 atom stereocenters. The van der Waals surface area contributed by atoms with E-state index < -0.39 is 0 Å². The van der Waals surface area contributed by atoms with Gasteiger partial charge in [-0.2, -0.15) is 0 Å². The molecule has 1 fully saturated rings. The summed E-state index contributed by atoms with van der Waals surface area (Å²) in [5.41, 5.74) is 1.77. The summed E-state index contributed by atoms with van der Waals surface area (Å²) in [6.07, 6.45) is 1.65. The number of benzene rings is 1. The minimum absolute atomic E-state index is 0.0625. The number of hydrogen-bond acceptors (Lipinski definition) is 4. The fourth-order valence-electron chi connectivity index (χ4n) is 2.87. The number of carbonyl (C=O) groups is 1. The van der Waals surface area contributed by atoms with Crippen molar-refractivity contribution in [2.45, 2.75) is 13.5 Å². The predicted octanol–water partition coefficient (Wildman–Crippen LogP) is 3.12. The molecule has 25 heavy (non-hydrogen) atoms. The molecule has 0 unspecified atom stereocenters. The van der Waals surface area contributed by atoms with Gasteiger partial charge in [0.2, 0.25) is 0 Å². The quantitative estimate of drug-likeness (QED) is 0.892. The number of likely N-dealkylation sites (N-methyl/N-ethyl adjacent to an activating group) is 1. The number of amides is 1. The Morgan fingerprint density at radius 1 is 1.12 bits per heavy atom. The van der Waals surface area contributed by atoms with E-state index in [1.165, 1.54) is 0 Å². The monoisotopic (exact) mass is 358 g/mol. The first-order chi connectivity index (χ1) is 12.2. The first-order valence-electron chi connectivity index (χ1n) is 8.61. The second-order valence-corrected chi connectivity index (χ2v) is 6.58. The molecule has 0 radical (unpaired) electrons. The van der Waals surface area contributed by atoms with Crippen molar-refractivity contribution in [2.75, 3.05) is 38.0 Å². The van der Waals surface area contributed by atoms with Gasteiger partial charge in [-0.3, -0.25) is 4.79 Å². The lowest BCUT2D eigenvalue weighted by Gasteiger charge is -2.34. The third-order valence-corrected chi connectivity index (χ3v) is 4.76. The number of piperazine rings is 1. The minimum Gasteiger partial charge on any atom is -0.366 e. The average Bonchev–Trinajstić information content (AvgIpc) is 2.67. The van der Waals surface area contributed by atoms with Crippen LogP contribution in [0, 0.1) is 0 Å². The highest BCUT2D eigenvalue weighted by Crippen LogP contribution is 2.13. The van der Waals surface area contributed by atoms with Crippen LogP contribution >= 0.6 is 11.6 Å². The molecule has 1 aromatic carbocycles. The Kier molecular flexibility index (Phi) is 5.89. The maximum atomic E-state index is 12.6. The van der Waals surface area contributed by atoms with Crippen LogP contribution in [0.25, 0.3) is 0 Å². The van der Waals surface area contributed by atoms with E-state index in [0.29, 0.717) is 12.1 Å². The number of nitrogens with zero attached hydrogens (tertiary/aromatic N) is 3. The number of anilines is 1. The van der Waals surface area contributed by atoms with E-state index in [2.05, 4.69) is 22.1 Å². The fourth-order valence-corrected chi connectivity index (χ4v) is 3.00. The highest BCUT2D eigenvalue weighted by Gasteiger charge is 2.21. The topological polar surface area (TPSA) is 48.5 Å². The largest absolute Gasteiger partial charge is 0.366 e. The molecule has 1 aliphatic heterocycles. The van der Waals surface area contributed by atoms with E-state index in [-0.39, 0.29) is 5.91 Å². The van der Waals surface area contributed by atoms with Gasteiger partial charge in [0.15, 0.2) is 0 Å². The van der Waals surface area contributed by atoms with Gasteiger partial charge in [0.1, 0.15) is 5.82 Å². The minimum atomic E-state index is 0.0625. The molecule has 6 heteroatoms. The van der Waals surface area contributed by atoms with Gasteiger partial charge in [-0.15, -0.1) is 0 Å². The van der Waals surface area contributed by atoms with Crippen LogP contribution in [0.3, 0.4) is 0 Å². The molecule has 1 amide bonds. The highest BCUT2D eigenvalue weighted by atomic mass is 35.5.